The predicted octanol–water partition coefficient (Wildman–Crippen LogP) is 7.70. The van der Waals surface area contributed by atoms with Gasteiger partial charge in [-0.25, -0.2) is 8.42 Å². The number of benzene rings is 4. The standard InChI is InChI=1S/C36H42N2O4S/c1-4-5-6-10-22-38(43(39,40)34-11-8-7-9-12-34)33-19-17-30(18-20-33)29-15-13-28(14-16-29)26-37-23-21-31-24-35(41-2)36(42-3)25-32(31)27-37/h7-9,11-20,24-25H,4-6,10,21-23,26-27H2,1-3H3. The van der Waals surface area contributed by atoms with Crippen molar-refractivity contribution in [3.8, 4) is 22.6 Å². The second-order valence-corrected chi connectivity index (χ2v) is 13.0. The van der Waals surface area contributed by atoms with Crippen molar-refractivity contribution in [3.05, 3.63) is 108 Å². The van der Waals surface area contributed by atoms with E-state index in [1.807, 2.05) is 30.3 Å². The summed E-state index contributed by atoms with van der Waals surface area (Å²) in [5.41, 5.74) is 6.73. The van der Waals surface area contributed by atoms with Crippen LogP contribution in [-0.4, -0.2) is 40.6 Å². The molecule has 0 fully saturated rings. The Labute approximate surface area is 256 Å². The summed E-state index contributed by atoms with van der Waals surface area (Å²) in [7, 11) is -0.293. The summed E-state index contributed by atoms with van der Waals surface area (Å²) in [5, 5.41) is 0. The molecule has 0 aromatic heterocycles. The Kier molecular flexibility index (Phi) is 10.1. The first-order valence-corrected chi connectivity index (χ1v) is 16.6. The maximum absolute atomic E-state index is 13.6. The molecule has 6 nitrogen and oxygen atoms in total. The first-order chi connectivity index (χ1) is 20.9. The molecule has 0 unspecified atom stereocenters. The van der Waals surface area contributed by atoms with Crippen LogP contribution in [0.3, 0.4) is 0 Å². The molecule has 1 heterocycles. The molecule has 0 bridgehead atoms. The van der Waals surface area contributed by atoms with E-state index >= 15 is 0 Å². The van der Waals surface area contributed by atoms with Crippen molar-refractivity contribution >= 4 is 15.7 Å². The van der Waals surface area contributed by atoms with Crippen molar-refractivity contribution in [1.29, 1.82) is 0 Å². The molecular weight excluding hydrogens is 556 g/mol. The molecule has 7 heteroatoms. The Balaban J connectivity index is 1.27. The average Bonchev–Trinajstić information content (AvgIpc) is 3.05. The number of sulfonamides is 1. The number of anilines is 1. The molecule has 0 amide bonds. The lowest BCUT2D eigenvalue weighted by Crippen LogP contribution is -2.32. The van der Waals surface area contributed by atoms with Gasteiger partial charge in [-0.2, -0.15) is 0 Å². The van der Waals surface area contributed by atoms with E-state index in [2.05, 4.69) is 48.2 Å². The summed E-state index contributed by atoms with van der Waals surface area (Å²) in [5.74, 6) is 1.56. The van der Waals surface area contributed by atoms with E-state index in [9.17, 15) is 8.42 Å². The molecule has 1 aliphatic heterocycles. The van der Waals surface area contributed by atoms with Gasteiger partial charge in [-0.15, -0.1) is 0 Å². The molecule has 226 valence electrons. The Morgan fingerprint density at radius 2 is 1.40 bits per heavy atom. The second kappa shape index (κ2) is 14.1. The molecule has 0 N–H and O–H groups in total. The number of hydrogen-bond acceptors (Lipinski definition) is 5. The molecule has 0 atom stereocenters. The topological polar surface area (TPSA) is 59.1 Å². The number of ether oxygens (including phenoxy) is 2. The maximum atomic E-state index is 13.6. The van der Waals surface area contributed by atoms with Crippen LogP contribution in [0.4, 0.5) is 5.69 Å². The van der Waals surface area contributed by atoms with Crippen LogP contribution in [0.25, 0.3) is 11.1 Å². The average molecular weight is 599 g/mol. The van der Waals surface area contributed by atoms with Crippen LogP contribution in [0, 0.1) is 0 Å². The smallest absolute Gasteiger partial charge is 0.264 e. The predicted molar refractivity (Wildman–Crippen MR) is 174 cm³/mol. The summed E-state index contributed by atoms with van der Waals surface area (Å²) in [6.45, 7) is 5.36. The quantitative estimate of drug-likeness (QED) is 0.148. The van der Waals surface area contributed by atoms with Gasteiger partial charge in [0.2, 0.25) is 0 Å². The summed E-state index contributed by atoms with van der Waals surface area (Å²) in [6, 6.07) is 29.5. The van der Waals surface area contributed by atoms with E-state index in [0.29, 0.717) is 17.1 Å². The highest BCUT2D eigenvalue weighted by Crippen LogP contribution is 2.34. The van der Waals surface area contributed by atoms with E-state index in [4.69, 9.17) is 9.47 Å². The fourth-order valence-electron chi connectivity index (χ4n) is 5.75. The van der Waals surface area contributed by atoms with Gasteiger partial charge in [0, 0.05) is 26.2 Å². The zero-order valence-electron chi connectivity index (χ0n) is 25.5. The first-order valence-electron chi connectivity index (χ1n) is 15.2. The SMILES string of the molecule is CCCCCCN(c1ccc(-c2ccc(CN3CCc4cc(OC)c(OC)cc4C3)cc2)cc1)S(=O)(=O)c1ccccc1. The maximum Gasteiger partial charge on any atom is 0.264 e. The van der Waals surface area contributed by atoms with Gasteiger partial charge in [0.25, 0.3) is 10.0 Å². The van der Waals surface area contributed by atoms with E-state index in [0.717, 1.165) is 74.4 Å². The molecule has 4 aromatic rings. The molecule has 0 spiro atoms. The fraction of sp³-hybridized carbons (Fsp3) is 0.333. The molecule has 0 saturated carbocycles. The van der Waals surface area contributed by atoms with Gasteiger partial charge in [-0.3, -0.25) is 9.21 Å². The van der Waals surface area contributed by atoms with Gasteiger partial charge in [-0.1, -0.05) is 80.8 Å². The van der Waals surface area contributed by atoms with Crippen LogP contribution >= 0.6 is 0 Å². The van der Waals surface area contributed by atoms with Crippen molar-refractivity contribution in [3.63, 3.8) is 0 Å². The monoisotopic (exact) mass is 598 g/mol. The first kappa shape index (κ1) is 30.6. The number of rotatable bonds is 13. The number of unbranched alkanes of at least 4 members (excludes halogenated alkanes) is 3. The van der Waals surface area contributed by atoms with Crippen molar-refractivity contribution in [2.45, 2.75) is 57.0 Å². The largest absolute Gasteiger partial charge is 0.493 e. The highest BCUT2D eigenvalue weighted by atomic mass is 32.2. The number of hydrogen-bond donors (Lipinski definition) is 0. The Morgan fingerprint density at radius 3 is 2.02 bits per heavy atom. The summed E-state index contributed by atoms with van der Waals surface area (Å²) in [6.07, 6.45) is 5.02. The third-order valence-corrected chi connectivity index (χ3v) is 10.0. The van der Waals surface area contributed by atoms with Crippen LogP contribution in [0.15, 0.2) is 95.9 Å². The summed E-state index contributed by atoms with van der Waals surface area (Å²) >= 11 is 0. The summed E-state index contributed by atoms with van der Waals surface area (Å²) in [4.78, 5) is 2.78. The van der Waals surface area contributed by atoms with Crippen LogP contribution in [0.5, 0.6) is 11.5 Å². The zero-order valence-corrected chi connectivity index (χ0v) is 26.3. The van der Waals surface area contributed by atoms with E-state index in [1.165, 1.54) is 16.7 Å². The minimum Gasteiger partial charge on any atom is -0.493 e. The molecule has 43 heavy (non-hydrogen) atoms. The van der Waals surface area contributed by atoms with Crippen LogP contribution in [0.1, 0.15) is 49.3 Å². The molecule has 5 rings (SSSR count). The van der Waals surface area contributed by atoms with Crippen molar-refractivity contribution < 1.29 is 17.9 Å². The Hall–Kier alpha value is -3.81. The third-order valence-electron chi connectivity index (χ3n) is 8.19. The van der Waals surface area contributed by atoms with E-state index in [1.54, 1.807) is 42.8 Å². The normalized spacial score (nSPS) is 13.4. The van der Waals surface area contributed by atoms with Crippen LogP contribution in [0.2, 0.25) is 0 Å². The minimum atomic E-state index is -3.65. The molecule has 0 aliphatic carbocycles. The Morgan fingerprint density at radius 1 is 0.767 bits per heavy atom. The molecule has 1 aliphatic rings. The number of methoxy groups -OCH3 is 2. The van der Waals surface area contributed by atoms with Gasteiger partial charge < -0.3 is 9.47 Å². The van der Waals surface area contributed by atoms with Crippen LogP contribution in [-0.2, 0) is 29.5 Å². The number of nitrogens with zero attached hydrogens (tertiary/aromatic N) is 2. The fourth-order valence-corrected chi connectivity index (χ4v) is 7.27. The van der Waals surface area contributed by atoms with Crippen molar-refractivity contribution in [1.82, 2.24) is 4.90 Å². The highest BCUT2D eigenvalue weighted by Gasteiger charge is 2.24. The third kappa shape index (κ3) is 7.23. The van der Waals surface area contributed by atoms with Crippen molar-refractivity contribution in [2.24, 2.45) is 0 Å². The van der Waals surface area contributed by atoms with E-state index < -0.39 is 10.0 Å². The second-order valence-electron chi connectivity index (χ2n) is 11.1. The number of fused-ring (bicyclic) bond motifs is 1. The highest BCUT2D eigenvalue weighted by molar-refractivity contribution is 7.92. The van der Waals surface area contributed by atoms with Gasteiger partial charge in [0.15, 0.2) is 11.5 Å². The van der Waals surface area contributed by atoms with Gasteiger partial charge in [-0.05, 0) is 77.1 Å². The molecular formula is C36H42N2O4S. The van der Waals surface area contributed by atoms with Crippen LogP contribution < -0.4 is 13.8 Å². The molecule has 4 aromatic carbocycles. The lowest BCUT2D eigenvalue weighted by Gasteiger charge is -2.29. The van der Waals surface area contributed by atoms with Gasteiger partial charge in [0.1, 0.15) is 0 Å². The van der Waals surface area contributed by atoms with Gasteiger partial charge >= 0.3 is 0 Å². The lowest BCUT2D eigenvalue weighted by atomic mass is 9.98. The zero-order chi connectivity index (χ0) is 30.2. The van der Waals surface area contributed by atoms with Gasteiger partial charge in [0.05, 0.1) is 24.8 Å². The lowest BCUT2D eigenvalue weighted by molar-refractivity contribution is 0.244. The summed E-state index contributed by atoms with van der Waals surface area (Å²) < 4.78 is 39.7. The molecule has 0 radical (unpaired) electrons. The molecule has 0 saturated heterocycles. The Bertz CT molecular complexity index is 1590. The van der Waals surface area contributed by atoms with E-state index in [-0.39, 0.29) is 0 Å². The van der Waals surface area contributed by atoms with Crippen molar-refractivity contribution in [2.75, 3.05) is 31.6 Å². The minimum absolute atomic E-state index is 0.321.